The molecular formula is C21H30N3O3S-. The highest BCUT2D eigenvalue weighted by atomic mass is 32.2. The first kappa shape index (κ1) is 21.0. The number of hydrogen-bond acceptors (Lipinski definition) is 5. The van der Waals surface area contributed by atoms with Crippen molar-refractivity contribution < 1.29 is 8.42 Å². The number of rotatable bonds is 4. The third-order valence-electron chi connectivity index (χ3n) is 5.54. The number of benzene rings is 2. The fraction of sp³-hybridized carbons (Fsp3) is 0.524. The van der Waals surface area contributed by atoms with Gasteiger partial charge in [-0.25, -0.2) is 13.1 Å². The highest BCUT2D eigenvalue weighted by Crippen LogP contribution is 2.38. The van der Waals surface area contributed by atoms with Crippen molar-refractivity contribution in [2.45, 2.75) is 62.6 Å². The summed E-state index contributed by atoms with van der Waals surface area (Å²) in [5.41, 5.74) is -0.297. The molecule has 1 heterocycles. The van der Waals surface area contributed by atoms with Crippen molar-refractivity contribution in [3.8, 4) is 0 Å². The number of hydroxylamine groups is 2. The Kier molecular flexibility index (Phi) is 5.25. The zero-order valence-electron chi connectivity index (χ0n) is 17.5. The smallest absolute Gasteiger partial charge is 0.241 e. The van der Waals surface area contributed by atoms with E-state index in [0.29, 0.717) is 18.2 Å². The Morgan fingerprint density at radius 1 is 1.00 bits per heavy atom. The average Bonchev–Trinajstić information content (AvgIpc) is 2.57. The first-order chi connectivity index (χ1) is 12.8. The van der Waals surface area contributed by atoms with E-state index in [1.54, 1.807) is 12.1 Å². The van der Waals surface area contributed by atoms with Gasteiger partial charge in [0.25, 0.3) is 0 Å². The minimum atomic E-state index is -3.74. The van der Waals surface area contributed by atoms with E-state index in [-0.39, 0.29) is 10.9 Å². The summed E-state index contributed by atoms with van der Waals surface area (Å²) in [6.45, 7) is 7.46. The predicted molar refractivity (Wildman–Crippen MR) is 115 cm³/mol. The van der Waals surface area contributed by atoms with Crippen LogP contribution in [0.2, 0.25) is 0 Å². The fourth-order valence-corrected chi connectivity index (χ4v) is 5.98. The maximum atomic E-state index is 13.3. The van der Waals surface area contributed by atoms with Gasteiger partial charge in [0.05, 0.1) is 4.90 Å². The fourth-order valence-electron chi connectivity index (χ4n) is 4.52. The van der Waals surface area contributed by atoms with E-state index in [1.807, 2.05) is 71.0 Å². The summed E-state index contributed by atoms with van der Waals surface area (Å²) in [5, 5.41) is 15.3. The Balaban J connectivity index is 1.99. The average molecular weight is 405 g/mol. The second kappa shape index (κ2) is 6.99. The number of sulfonamides is 1. The number of anilines is 1. The summed E-state index contributed by atoms with van der Waals surface area (Å²) in [6, 6.07) is 10.7. The molecule has 1 saturated heterocycles. The minimum absolute atomic E-state index is 0.272. The van der Waals surface area contributed by atoms with E-state index < -0.39 is 21.1 Å². The first-order valence-corrected chi connectivity index (χ1v) is 11.0. The van der Waals surface area contributed by atoms with Crippen LogP contribution in [0, 0.1) is 5.21 Å². The maximum Gasteiger partial charge on any atom is 0.241 e. The van der Waals surface area contributed by atoms with Crippen molar-refractivity contribution in [3.63, 3.8) is 0 Å². The summed E-state index contributed by atoms with van der Waals surface area (Å²) in [4.78, 5) is 2.25. The molecule has 0 amide bonds. The monoisotopic (exact) mass is 404 g/mol. The van der Waals surface area contributed by atoms with Gasteiger partial charge in [-0.3, -0.25) is 0 Å². The molecule has 0 spiro atoms. The summed E-state index contributed by atoms with van der Waals surface area (Å²) in [5.74, 6) is 0. The van der Waals surface area contributed by atoms with Crippen LogP contribution in [-0.4, -0.2) is 44.7 Å². The molecule has 1 aliphatic rings. The van der Waals surface area contributed by atoms with Gasteiger partial charge in [-0.2, -0.15) is 0 Å². The van der Waals surface area contributed by atoms with Crippen LogP contribution in [0.25, 0.3) is 10.8 Å². The second-order valence-electron chi connectivity index (χ2n) is 9.17. The van der Waals surface area contributed by atoms with Crippen molar-refractivity contribution in [1.29, 1.82) is 0 Å². The molecule has 0 aromatic heterocycles. The van der Waals surface area contributed by atoms with E-state index in [1.165, 1.54) is 0 Å². The van der Waals surface area contributed by atoms with Crippen molar-refractivity contribution in [1.82, 2.24) is 9.79 Å². The molecule has 3 rings (SSSR count). The normalized spacial score (nSPS) is 20.4. The summed E-state index contributed by atoms with van der Waals surface area (Å²) < 4.78 is 29.4. The van der Waals surface area contributed by atoms with Crippen LogP contribution in [0.5, 0.6) is 0 Å². The van der Waals surface area contributed by atoms with Gasteiger partial charge in [0.1, 0.15) is 0 Å². The second-order valence-corrected chi connectivity index (χ2v) is 10.9. The molecule has 0 atom stereocenters. The van der Waals surface area contributed by atoms with Crippen LogP contribution in [0.3, 0.4) is 0 Å². The number of nitrogens with one attached hydrogen (secondary N) is 1. The van der Waals surface area contributed by atoms with Crippen LogP contribution in [0.1, 0.15) is 40.5 Å². The molecule has 0 bridgehead atoms. The summed E-state index contributed by atoms with van der Waals surface area (Å²) >= 11 is 0. The molecule has 6 nitrogen and oxygen atoms in total. The van der Waals surface area contributed by atoms with Gasteiger partial charge in [0.2, 0.25) is 10.0 Å². The Morgan fingerprint density at radius 3 is 2.11 bits per heavy atom. The van der Waals surface area contributed by atoms with E-state index in [4.69, 9.17) is 0 Å². The lowest BCUT2D eigenvalue weighted by Gasteiger charge is -2.59. The highest BCUT2D eigenvalue weighted by Gasteiger charge is 2.41. The van der Waals surface area contributed by atoms with Crippen molar-refractivity contribution in [2.24, 2.45) is 0 Å². The summed E-state index contributed by atoms with van der Waals surface area (Å²) in [7, 11) is 0.143. The standard InChI is InChI=1S/C21H30N3O3S/c1-20(2)13-15(14-21(3,4)24(20)25)22-28(26,27)19-12-8-9-16-17(19)10-7-11-18(16)23(5)6/h7-12,15,22H,13-14H2,1-6H3/q-1. The SMILES string of the molecule is CN(C)c1cccc2c(S(=O)(=O)NC3CC(C)(C)N([O-])C(C)(C)C3)cccc12. The Morgan fingerprint density at radius 2 is 1.54 bits per heavy atom. The molecule has 28 heavy (non-hydrogen) atoms. The largest absolute Gasteiger partial charge is 0.784 e. The van der Waals surface area contributed by atoms with Crippen molar-refractivity contribution in [3.05, 3.63) is 41.6 Å². The third-order valence-corrected chi connectivity index (χ3v) is 7.12. The van der Waals surface area contributed by atoms with E-state index in [2.05, 4.69) is 4.72 Å². The van der Waals surface area contributed by atoms with Gasteiger partial charge in [0, 0.05) is 47.7 Å². The van der Waals surface area contributed by atoms with Crippen LogP contribution >= 0.6 is 0 Å². The zero-order valence-corrected chi connectivity index (χ0v) is 18.3. The van der Waals surface area contributed by atoms with Crippen LogP contribution in [0.15, 0.2) is 41.3 Å². The van der Waals surface area contributed by atoms with Crippen molar-refractivity contribution in [2.75, 3.05) is 19.0 Å². The number of piperidine rings is 1. The topological polar surface area (TPSA) is 75.7 Å². The van der Waals surface area contributed by atoms with Gasteiger partial charge in [-0.1, -0.05) is 24.3 Å². The lowest BCUT2D eigenvalue weighted by Crippen LogP contribution is -2.61. The maximum absolute atomic E-state index is 13.3. The highest BCUT2D eigenvalue weighted by molar-refractivity contribution is 7.89. The molecule has 0 aliphatic carbocycles. The molecule has 154 valence electrons. The number of hydrogen-bond donors (Lipinski definition) is 1. The Hall–Kier alpha value is -1.67. The van der Waals surface area contributed by atoms with Gasteiger partial charge >= 0.3 is 0 Å². The summed E-state index contributed by atoms with van der Waals surface area (Å²) in [6.07, 6.45) is 0.930. The van der Waals surface area contributed by atoms with Crippen LogP contribution in [-0.2, 0) is 10.0 Å². The molecular weight excluding hydrogens is 374 g/mol. The number of fused-ring (bicyclic) bond motifs is 1. The molecule has 1 N–H and O–H groups in total. The lowest BCUT2D eigenvalue weighted by atomic mass is 9.79. The molecule has 7 heteroatoms. The molecule has 1 aliphatic heterocycles. The molecule has 0 radical (unpaired) electrons. The zero-order chi connectivity index (χ0) is 20.9. The van der Waals surface area contributed by atoms with E-state index in [0.717, 1.165) is 16.1 Å². The quantitative estimate of drug-likeness (QED) is 0.841. The molecule has 2 aromatic rings. The minimum Gasteiger partial charge on any atom is -0.784 e. The third kappa shape index (κ3) is 3.76. The van der Waals surface area contributed by atoms with Gasteiger partial charge in [-0.05, 0) is 52.7 Å². The molecule has 0 unspecified atom stereocenters. The lowest BCUT2D eigenvalue weighted by molar-refractivity contribution is 0.00619. The Labute approximate surface area is 168 Å². The van der Waals surface area contributed by atoms with Gasteiger partial charge in [-0.15, -0.1) is 0 Å². The first-order valence-electron chi connectivity index (χ1n) is 9.54. The molecule has 1 fully saturated rings. The predicted octanol–water partition coefficient (Wildman–Crippen LogP) is 3.70. The van der Waals surface area contributed by atoms with Crippen LogP contribution < -0.4 is 9.62 Å². The van der Waals surface area contributed by atoms with Crippen molar-refractivity contribution >= 4 is 26.5 Å². The number of nitrogens with zero attached hydrogens (tertiary/aromatic N) is 2. The van der Waals surface area contributed by atoms with Gasteiger partial charge < -0.3 is 15.2 Å². The molecule has 0 saturated carbocycles. The van der Waals surface area contributed by atoms with E-state index >= 15 is 0 Å². The Bertz CT molecular complexity index is 966. The molecule has 2 aromatic carbocycles. The van der Waals surface area contributed by atoms with Gasteiger partial charge in [0.15, 0.2) is 0 Å². The van der Waals surface area contributed by atoms with E-state index in [9.17, 15) is 13.6 Å². The van der Waals surface area contributed by atoms with Crippen LogP contribution in [0.4, 0.5) is 5.69 Å².